The molecule has 0 atom stereocenters. The number of aromatic nitrogens is 2. The molecule has 1 aliphatic rings. The lowest BCUT2D eigenvalue weighted by molar-refractivity contribution is 0.0950. The monoisotopic (exact) mass is 273 g/mol. The van der Waals surface area contributed by atoms with Gasteiger partial charge in [-0.05, 0) is 18.9 Å². The summed E-state index contributed by atoms with van der Waals surface area (Å²) < 4.78 is 6.73. The van der Waals surface area contributed by atoms with E-state index in [1.807, 2.05) is 6.20 Å². The Labute approximate surface area is 115 Å². The average Bonchev–Trinajstić information content (AvgIpc) is 3.19. The molecule has 6 heteroatoms. The van der Waals surface area contributed by atoms with Gasteiger partial charge >= 0.3 is 5.63 Å². The fraction of sp³-hybridized carbons (Fsp3) is 0.357. The molecule has 0 unspecified atom stereocenters. The van der Waals surface area contributed by atoms with E-state index in [9.17, 15) is 9.59 Å². The summed E-state index contributed by atoms with van der Waals surface area (Å²) in [5, 5.41) is 2.79. The van der Waals surface area contributed by atoms with Crippen molar-refractivity contribution in [2.24, 2.45) is 0 Å². The number of nitrogens with zero attached hydrogens (tertiary/aromatic N) is 2. The first-order chi connectivity index (χ1) is 9.74. The van der Waals surface area contributed by atoms with Crippen LogP contribution in [0.25, 0.3) is 0 Å². The molecule has 0 radical (unpaired) electrons. The standard InChI is InChI=1S/C14H15N3O3/c18-12-4-3-11(9-20-12)14(19)16-6-8-17-7-5-15-13(17)10-1-2-10/h3-5,7,9-10H,1-2,6,8H2,(H,16,19). The highest BCUT2D eigenvalue weighted by Crippen LogP contribution is 2.38. The largest absolute Gasteiger partial charge is 0.430 e. The fourth-order valence-corrected chi connectivity index (χ4v) is 2.09. The van der Waals surface area contributed by atoms with Crippen LogP contribution in [0, 0.1) is 0 Å². The van der Waals surface area contributed by atoms with E-state index in [1.165, 1.54) is 31.2 Å². The summed E-state index contributed by atoms with van der Waals surface area (Å²) in [6.45, 7) is 1.20. The van der Waals surface area contributed by atoms with Crippen LogP contribution in [0.1, 0.15) is 34.9 Å². The molecule has 1 aliphatic carbocycles. The Bertz CT molecular complexity index is 650. The minimum atomic E-state index is -0.464. The maximum atomic E-state index is 11.8. The molecule has 2 heterocycles. The van der Waals surface area contributed by atoms with Crippen molar-refractivity contribution in [3.8, 4) is 0 Å². The highest BCUT2D eigenvalue weighted by Gasteiger charge is 2.27. The zero-order valence-electron chi connectivity index (χ0n) is 10.9. The van der Waals surface area contributed by atoms with Crippen molar-refractivity contribution in [1.29, 1.82) is 0 Å². The third-order valence-corrected chi connectivity index (χ3v) is 3.29. The molecule has 0 aliphatic heterocycles. The summed E-state index contributed by atoms with van der Waals surface area (Å²) in [6, 6.07) is 2.68. The Morgan fingerprint density at radius 3 is 3.00 bits per heavy atom. The first-order valence-corrected chi connectivity index (χ1v) is 6.62. The second kappa shape index (κ2) is 5.32. The van der Waals surface area contributed by atoms with Crippen LogP contribution >= 0.6 is 0 Å². The Kier molecular flexibility index (Phi) is 3.37. The highest BCUT2D eigenvalue weighted by molar-refractivity contribution is 5.93. The summed E-state index contributed by atoms with van der Waals surface area (Å²) in [7, 11) is 0. The lowest BCUT2D eigenvalue weighted by atomic mass is 10.3. The van der Waals surface area contributed by atoms with Gasteiger partial charge in [0.15, 0.2) is 0 Å². The van der Waals surface area contributed by atoms with Crippen molar-refractivity contribution in [1.82, 2.24) is 14.9 Å². The van der Waals surface area contributed by atoms with E-state index in [0.717, 1.165) is 5.82 Å². The minimum absolute atomic E-state index is 0.248. The lowest BCUT2D eigenvalue weighted by Gasteiger charge is -2.08. The molecule has 0 aromatic carbocycles. The van der Waals surface area contributed by atoms with E-state index >= 15 is 0 Å². The van der Waals surface area contributed by atoms with Crippen LogP contribution in [0.2, 0.25) is 0 Å². The van der Waals surface area contributed by atoms with E-state index in [2.05, 4.69) is 19.3 Å². The van der Waals surface area contributed by atoms with Crippen LogP contribution in [0.15, 0.2) is 40.0 Å². The van der Waals surface area contributed by atoms with Crippen molar-refractivity contribution in [2.45, 2.75) is 25.3 Å². The molecule has 0 saturated heterocycles. The van der Waals surface area contributed by atoms with E-state index in [0.29, 0.717) is 24.6 Å². The summed E-state index contributed by atoms with van der Waals surface area (Å²) in [4.78, 5) is 27.0. The molecule has 20 heavy (non-hydrogen) atoms. The van der Waals surface area contributed by atoms with E-state index in [4.69, 9.17) is 0 Å². The Hall–Kier alpha value is -2.37. The minimum Gasteiger partial charge on any atom is -0.430 e. The third kappa shape index (κ3) is 2.79. The number of carbonyl (C=O) groups is 1. The molecule has 2 aromatic heterocycles. The fourth-order valence-electron chi connectivity index (χ4n) is 2.09. The van der Waals surface area contributed by atoms with Crippen LogP contribution in [0.4, 0.5) is 0 Å². The van der Waals surface area contributed by atoms with Gasteiger partial charge in [-0.2, -0.15) is 0 Å². The Balaban J connectivity index is 1.54. The molecule has 2 aromatic rings. The normalized spacial score (nSPS) is 14.2. The number of nitrogens with one attached hydrogen (secondary N) is 1. The van der Waals surface area contributed by atoms with Crippen molar-refractivity contribution >= 4 is 5.91 Å². The summed E-state index contributed by atoms with van der Waals surface area (Å²) >= 11 is 0. The molecule has 3 rings (SSSR count). The number of hydrogen-bond donors (Lipinski definition) is 1. The van der Waals surface area contributed by atoms with Gasteiger partial charge in [-0.1, -0.05) is 0 Å². The van der Waals surface area contributed by atoms with Gasteiger partial charge in [-0.15, -0.1) is 0 Å². The van der Waals surface area contributed by atoms with Gasteiger partial charge in [0.05, 0.1) is 5.56 Å². The van der Waals surface area contributed by atoms with Gasteiger partial charge in [0, 0.05) is 37.5 Å². The van der Waals surface area contributed by atoms with Gasteiger partial charge < -0.3 is 14.3 Å². The van der Waals surface area contributed by atoms with Gasteiger partial charge in [-0.3, -0.25) is 4.79 Å². The Morgan fingerprint density at radius 2 is 2.30 bits per heavy atom. The zero-order valence-corrected chi connectivity index (χ0v) is 10.9. The number of rotatable bonds is 5. The summed E-state index contributed by atoms with van der Waals surface area (Å²) in [5.74, 6) is 1.44. The molecule has 1 fully saturated rings. The average molecular weight is 273 g/mol. The van der Waals surface area contributed by atoms with Gasteiger partial charge in [-0.25, -0.2) is 9.78 Å². The van der Waals surface area contributed by atoms with Gasteiger partial charge in [0.25, 0.3) is 5.91 Å². The molecule has 0 spiro atoms. The molecular weight excluding hydrogens is 258 g/mol. The molecule has 6 nitrogen and oxygen atoms in total. The van der Waals surface area contributed by atoms with Gasteiger partial charge in [0.2, 0.25) is 0 Å². The third-order valence-electron chi connectivity index (χ3n) is 3.29. The number of imidazole rings is 1. The molecule has 1 N–H and O–H groups in total. The maximum Gasteiger partial charge on any atom is 0.335 e. The van der Waals surface area contributed by atoms with E-state index < -0.39 is 5.63 Å². The topological polar surface area (TPSA) is 77.1 Å². The summed E-state index contributed by atoms with van der Waals surface area (Å²) in [5.41, 5.74) is -0.119. The quantitative estimate of drug-likeness (QED) is 0.886. The molecular formula is C14H15N3O3. The molecule has 104 valence electrons. The van der Waals surface area contributed by atoms with Crippen molar-refractivity contribution in [2.75, 3.05) is 6.54 Å². The lowest BCUT2D eigenvalue weighted by Crippen LogP contribution is -2.27. The predicted octanol–water partition coefficient (Wildman–Crippen LogP) is 1.14. The van der Waals surface area contributed by atoms with Gasteiger partial charge in [0.1, 0.15) is 12.1 Å². The molecule has 1 amide bonds. The van der Waals surface area contributed by atoms with Crippen LogP contribution < -0.4 is 10.9 Å². The SMILES string of the molecule is O=C(NCCn1ccnc1C1CC1)c1ccc(=O)oc1. The summed E-state index contributed by atoms with van der Waals surface area (Å²) in [6.07, 6.45) is 7.30. The number of carbonyl (C=O) groups excluding carboxylic acids is 1. The van der Waals surface area contributed by atoms with Crippen molar-refractivity contribution in [3.63, 3.8) is 0 Å². The number of hydrogen-bond acceptors (Lipinski definition) is 4. The number of amides is 1. The van der Waals surface area contributed by atoms with Crippen LogP contribution in [-0.4, -0.2) is 22.0 Å². The first-order valence-electron chi connectivity index (χ1n) is 6.62. The zero-order chi connectivity index (χ0) is 13.9. The predicted molar refractivity (Wildman–Crippen MR) is 71.5 cm³/mol. The van der Waals surface area contributed by atoms with Crippen LogP contribution in [0.5, 0.6) is 0 Å². The molecule has 1 saturated carbocycles. The maximum absolute atomic E-state index is 11.8. The van der Waals surface area contributed by atoms with Crippen molar-refractivity contribution in [3.05, 3.63) is 52.6 Å². The molecule has 0 bridgehead atoms. The van der Waals surface area contributed by atoms with E-state index in [1.54, 1.807) is 6.20 Å². The van der Waals surface area contributed by atoms with Crippen LogP contribution in [0.3, 0.4) is 0 Å². The second-order valence-corrected chi connectivity index (χ2v) is 4.85. The van der Waals surface area contributed by atoms with Crippen molar-refractivity contribution < 1.29 is 9.21 Å². The smallest absolute Gasteiger partial charge is 0.335 e. The van der Waals surface area contributed by atoms with E-state index in [-0.39, 0.29) is 5.91 Å². The van der Waals surface area contributed by atoms with Crippen LogP contribution in [-0.2, 0) is 6.54 Å². The first kappa shape index (κ1) is 12.7. The highest BCUT2D eigenvalue weighted by atomic mass is 16.4. The second-order valence-electron chi connectivity index (χ2n) is 4.85. The Morgan fingerprint density at radius 1 is 1.45 bits per heavy atom.